The van der Waals surface area contributed by atoms with Gasteiger partial charge in [0, 0.05) is 3.57 Å². The normalized spacial score (nSPS) is 10.2. The molecule has 1 amide bonds. The molecule has 0 fully saturated rings. The topological polar surface area (TPSA) is 79.9 Å². The number of rotatable bonds is 3. The van der Waals surface area contributed by atoms with E-state index in [1.165, 1.54) is 7.11 Å². The van der Waals surface area contributed by atoms with Crippen molar-refractivity contribution in [2.24, 2.45) is 0 Å². The Hall–Kier alpha value is -1.64. The van der Waals surface area contributed by atoms with Gasteiger partial charge in [-0.2, -0.15) is 4.98 Å². The van der Waals surface area contributed by atoms with Crippen molar-refractivity contribution in [1.29, 1.82) is 0 Å². The Balaban J connectivity index is 2.19. The number of aromatic amines is 1. The summed E-state index contributed by atoms with van der Waals surface area (Å²) in [6.45, 7) is 1.95. The van der Waals surface area contributed by atoms with E-state index in [0.717, 1.165) is 9.13 Å². The van der Waals surface area contributed by atoms with E-state index in [-0.39, 0.29) is 17.9 Å². The molecule has 7 heteroatoms. The minimum Gasteiger partial charge on any atom is -0.466 e. The summed E-state index contributed by atoms with van der Waals surface area (Å²) in [7, 11) is 1.46. The second-order valence-corrected chi connectivity index (χ2v) is 4.64. The van der Waals surface area contributed by atoms with E-state index in [0.29, 0.717) is 5.56 Å². The maximum absolute atomic E-state index is 12.0. The molecular weight excluding hydrogens is 347 g/mol. The molecule has 0 saturated carbocycles. The number of aromatic nitrogens is 3. The molecule has 1 heterocycles. The molecule has 1 aromatic carbocycles. The number of hydrogen-bond donors (Lipinski definition) is 2. The molecule has 94 valence electrons. The number of hydrogen-bond acceptors (Lipinski definition) is 4. The number of carbonyl (C=O) groups is 1. The van der Waals surface area contributed by atoms with Crippen LogP contribution < -0.4 is 10.1 Å². The Morgan fingerprint density at radius 1 is 1.50 bits per heavy atom. The van der Waals surface area contributed by atoms with E-state index in [1.54, 1.807) is 6.07 Å². The number of methoxy groups -OCH3 is 1. The molecule has 0 atom stereocenters. The summed E-state index contributed by atoms with van der Waals surface area (Å²) in [6, 6.07) is 5.74. The first-order valence-electron chi connectivity index (χ1n) is 5.14. The lowest BCUT2D eigenvalue weighted by Gasteiger charge is -2.05. The molecule has 0 aliphatic rings. The molecule has 2 rings (SSSR count). The molecule has 1 aromatic heterocycles. The van der Waals surface area contributed by atoms with Gasteiger partial charge in [-0.25, -0.2) is 5.10 Å². The number of anilines is 1. The lowest BCUT2D eigenvalue weighted by Crippen LogP contribution is -2.14. The summed E-state index contributed by atoms with van der Waals surface area (Å²) in [5.41, 5.74) is 1.66. The Morgan fingerprint density at radius 3 is 2.94 bits per heavy atom. The van der Waals surface area contributed by atoms with Crippen molar-refractivity contribution in [2.45, 2.75) is 6.92 Å². The van der Waals surface area contributed by atoms with Gasteiger partial charge in [0.15, 0.2) is 0 Å². The van der Waals surface area contributed by atoms with E-state index in [1.807, 2.05) is 19.1 Å². The average molecular weight is 358 g/mol. The number of ether oxygens (including phenoxy) is 1. The van der Waals surface area contributed by atoms with Crippen molar-refractivity contribution in [3.05, 3.63) is 32.9 Å². The fraction of sp³-hybridized carbons (Fsp3) is 0.182. The number of benzene rings is 1. The van der Waals surface area contributed by atoms with E-state index < -0.39 is 0 Å². The number of nitrogens with zero attached hydrogens (tertiary/aromatic N) is 2. The predicted octanol–water partition coefficient (Wildman–Crippen LogP) is 1.98. The molecule has 0 aliphatic carbocycles. The highest BCUT2D eigenvalue weighted by molar-refractivity contribution is 14.1. The van der Waals surface area contributed by atoms with Gasteiger partial charge in [0.05, 0.1) is 12.7 Å². The molecule has 2 N–H and O–H groups in total. The van der Waals surface area contributed by atoms with Crippen LogP contribution in [0.5, 0.6) is 6.01 Å². The van der Waals surface area contributed by atoms with Crippen molar-refractivity contribution < 1.29 is 9.53 Å². The standard InChI is InChI=1S/C11H11IN4O2/c1-6-4-3-5-7(8(6)12)9(17)13-10-14-11(18-2)16-15-10/h3-5H,1-2H3,(H2,13,14,15,16,17). The van der Waals surface area contributed by atoms with Gasteiger partial charge in [-0.05, 0) is 41.1 Å². The third kappa shape index (κ3) is 2.61. The lowest BCUT2D eigenvalue weighted by molar-refractivity contribution is 0.102. The van der Waals surface area contributed by atoms with Crippen LogP contribution in [0, 0.1) is 10.5 Å². The summed E-state index contributed by atoms with van der Waals surface area (Å²) in [4.78, 5) is 16.0. The summed E-state index contributed by atoms with van der Waals surface area (Å²) < 4.78 is 5.73. The van der Waals surface area contributed by atoms with Crippen LogP contribution in [-0.2, 0) is 0 Å². The predicted molar refractivity (Wildman–Crippen MR) is 74.8 cm³/mol. The van der Waals surface area contributed by atoms with Gasteiger partial charge in [0.2, 0.25) is 5.95 Å². The van der Waals surface area contributed by atoms with Crippen LogP contribution in [0.2, 0.25) is 0 Å². The molecular formula is C11H11IN4O2. The zero-order chi connectivity index (χ0) is 13.1. The van der Waals surface area contributed by atoms with Crippen LogP contribution in [0.25, 0.3) is 0 Å². The zero-order valence-electron chi connectivity index (χ0n) is 9.82. The van der Waals surface area contributed by atoms with Crippen LogP contribution in [0.3, 0.4) is 0 Å². The first-order valence-corrected chi connectivity index (χ1v) is 6.22. The third-order valence-electron chi connectivity index (χ3n) is 2.32. The first kappa shape index (κ1) is 12.8. The molecule has 0 bridgehead atoms. The van der Waals surface area contributed by atoms with E-state index >= 15 is 0 Å². The fourth-order valence-electron chi connectivity index (χ4n) is 1.39. The highest BCUT2D eigenvalue weighted by Gasteiger charge is 2.13. The smallest absolute Gasteiger partial charge is 0.336 e. The molecule has 0 aliphatic heterocycles. The van der Waals surface area contributed by atoms with Crippen molar-refractivity contribution in [1.82, 2.24) is 15.2 Å². The number of nitrogens with one attached hydrogen (secondary N) is 2. The van der Waals surface area contributed by atoms with E-state index in [2.05, 4.69) is 43.1 Å². The summed E-state index contributed by atoms with van der Waals surface area (Å²) >= 11 is 2.14. The van der Waals surface area contributed by atoms with Gasteiger partial charge in [0.25, 0.3) is 5.91 Å². The average Bonchev–Trinajstić information content (AvgIpc) is 2.80. The zero-order valence-corrected chi connectivity index (χ0v) is 12.0. The van der Waals surface area contributed by atoms with Crippen LogP contribution in [0.15, 0.2) is 18.2 Å². The Morgan fingerprint density at radius 2 is 2.28 bits per heavy atom. The van der Waals surface area contributed by atoms with Gasteiger partial charge in [-0.15, -0.1) is 5.10 Å². The first-order chi connectivity index (χ1) is 8.61. The Labute approximate surface area is 117 Å². The Kier molecular flexibility index (Phi) is 3.80. The molecule has 0 saturated heterocycles. The molecule has 2 aromatic rings. The maximum atomic E-state index is 12.0. The lowest BCUT2D eigenvalue weighted by atomic mass is 10.1. The molecule has 18 heavy (non-hydrogen) atoms. The SMILES string of the molecule is COc1n[nH]c(NC(=O)c2cccc(C)c2I)n1. The van der Waals surface area contributed by atoms with E-state index in [9.17, 15) is 4.79 Å². The monoisotopic (exact) mass is 358 g/mol. The van der Waals surface area contributed by atoms with Crippen molar-refractivity contribution in [2.75, 3.05) is 12.4 Å². The van der Waals surface area contributed by atoms with Gasteiger partial charge in [-0.1, -0.05) is 12.1 Å². The van der Waals surface area contributed by atoms with Crippen molar-refractivity contribution in [3.8, 4) is 6.01 Å². The number of halogens is 1. The van der Waals surface area contributed by atoms with Crippen LogP contribution in [-0.4, -0.2) is 28.2 Å². The summed E-state index contributed by atoms with van der Waals surface area (Å²) in [5.74, 6) is 0.0241. The number of aryl methyl sites for hydroxylation is 1. The maximum Gasteiger partial charge on any atom is 0.336 e. The molecule has 6 nitrogen and oxygen atoms in total. The summed E-state index contributed by atoms with van der Waals surface area (Å²) in [5, 5.41) is 8.95. The Bertz CT molecular complexity index is 582. The highest BCUT2D eigenvalue weighted by atomic mass is 127. The quantitative estimate of drug-likeness (QED) is 0.823. The second kappa shape index (κ2) is 5.34. The molecule has 0 spiro atoms. The minimum absolute atomic E-state index is 0.184. The van der Waals surface area contributed by atoms with E-state index in [4.69, 9.17) is 4.74 Å². The van der Waals surface area contributed by atoms with Crippen molar-refractivity contribution in [3.63, 3.8) is 0 Å². The largest absolute Gasteiger partial charge is 0.466 e. The third-order valence-corrected chi connectivity index (χ3v) is 3.75. The minimum atomic E-state index is -0.234. The number of amides is 1. The fourth-order valence-corrected chi connectivity index (χ4v) is 2.00. The molecule has 0 radical (unpaired) electrons. The second-order valence-electron chi connectivity index (χ2n) is 3.56. The van der Waals surface area contributed by atoms with Crippen LogP contribution in [0.4, 0.5) is 5.95 Å². The van der Waals surface area contributed by atoms with Crippen LogP contribution >= 0.6 is 22.6 Å². The van der Waals surface area contributed by atoms with Crippen LogP contribution in [0.1, 0.15) is 15.9 Å². The highest BCUT2D eigenvalue weighted by Crippen LogP contribution is 2.17. The van der Waals surface area contributed by atoms with Gasteiger partial charge >= 0.3 is 6.01 Å². The van der Waals surface area contributed by atoms with Gasteiger partial charge < -0.3 is 4.74 Å². The number of H-pyrrole nitrogens is 1. The van der Waals surface area contributed by atoms with Gasteiger partial charge in [0.1, 0.15) is 0 Å². The van der Waals surface area contributed by atoms with Gasteiger partial charge in [-0.3, -0.25) is 10.1 Å². The van der Waals surface area contributed by atoms with Crippen molar-refractivity contribution >= 4 is 34.4 Å². The number of carbonyl (C=O) groups excluding carboxylic acids is 1. The summed E-state index contributed by atoms with van der Waals surface area (Å²) in [6.07, 6.45) is 0. The molecule has 0 unspecified atom stereocenters.